The van der Waals surface area contributed by atoms with Gasteiger partial charge in [0, 0.05) is 6.04 Å². The molecule has 0 spiro atoms. The van der Waals surface area contributed by atoms with Crippen LogP contribution in [-0.2, 0) is 0 Å². The quantitative estimate of drug-likeness (QED) is 0.800. The Labute approximate surface area is 97.8 Å². The van der Waals surface area contributed by atoms with Crippen LogP contribution in [0.15, 0.2) is 24.3 Å². The Balaban J connectivity index is 2.89. The van der Waals surface area contributed by atoms with Crippen LogP contribution in [-0.4, -0.2) is 13.7 Å². The van der Waals surface area contributed by atoms with Gasteiger partial charge in [0.05, 0.1) is 7.11 Å². The van der Waals surface area contributed by atoms with E-state index < -0.39 is 0 Å². The highest BCUT2D eigenvalue weighted by Gasteiger charge is 2.21. The molecule has 0 aromatic heterocycles. The highest BCUT2D eigenvalue weighted by Crippen LogP contribution is 2.27. The number of benzene rings is 1. The molecule has 0 saturated carbocycles. The number of hydrogen-bond donors (Lipinski definition) is 2. The molecule has 0 aliphatic rings. The summed E-state index contributed by atoms with van der Waals surface area (Å²) in [7, 11) is 1.66. The Morgan fingerprint density at radius 1 is 1.31 bits per heavy atom. The van der Waals surface area contributed by atoms with Gasteiger partial charge in [0.1, 0.15) is 5.75 Å². The molecule has 0 heterocycles. The number of ether oxygens (including phenoxy) is 1. The van der Waals surface area contributed by atoms with Crippen LogP contribution in [0.3, 0.4) is 0 Å². The molecule has 1 rings (SSSR count). The van der Waals surface area contributed by atoms with Crippen LogP contribution in [0.5, 0.6) is 5.75 Å². The molecule has 2 atom stereocenters. The van der Waals surface area contributed by atoms with Crippen molar-refractivity contribution in [2.24, 2.45) is 23.3 Å². The smallest absolute Gasteiger partial charge is 0.119 e. The first kappa shape index (κ1) is 13.0. The molecule has 3 heteroatoms. The van der Waals surface area contributed by atoms with Gasteiger partial charge in [-0.3, -0.25) is 0 Å². The lowest BCUT2D eigenvalue weighted by Gasteiger charge is -2.26. The molecule has 1 aromatic carbocycles. The average Bonchev–Trinajstić information content (AvgIpc) is 2.29. The molecule has 0 radical (unpaired) electrons. The SMILES string of the molecule is COc1cccc(C(N)C(CN)C(C)C)c1. The van der Waals surface area contributed by atoms with Crippen LogP contribution in [0.2, 0.25) is 0 Å². The zero-order valence-electron chi connectivity index (χ0n) is 10.3. The summed E-state index contributed by atoms with van der Waals surface area (Å²) >= 11 is 0. The van der Waals surface area contributed by atoms with E-state index in [9.17, 15) is 0 Å². The van der Waals surface area contributed by atoms with E-state index in [1.54, 1.807) is 7.11 Å². The molecule has 2 unspecified atom stereocenters. The summed E-state index contributed by atoms with van der Waals surface area (Å²) in [6.45, 7) is 4.91. The predicted octanol–water partition coefficient (Wildman–Crippen LogP) is 1.93. The van der Waals surface area contributed by atoms with Crippen molar-refractivity contribution < 1.29 is 4.74 Å². The number of rotatable bonds is 5. The summed E-state index contributed by atoms with van der Waals surface area (Å²) < 4.78 is 5.19. The second-order valence-corrected chi connectivity index (χ2v) is 4.45. The maximum atomic E-state index is 6.24. The van der Waals surface area contributed by atoms with Crippen LogP contribution >= 0.6 is 0 Å². The molecule has 3 nitrogen and oxygen atoms in total. The van der Waals surface area contributed by atoms with E-state index in [2.05, 4.69) is 13.8 Å². The van der Waals surface area contributed by atoms with Crippen LogP contribution in [0.4, 0.5) is 0 Å². The number of methoxy groups -OCH3 is 1. The fraction of sp³-hybridized carbons (Fsp3) is 0.538. The van der Waals surface area contributed by atoms with Crippen LogP contribution in [0.25, 0.3) is 0 Å². The topological polar surface area (TPSA) is 61.3 Å². The van der Waals surface area contributed by atoms with Gasteiger partial charge in [-0.1, -0.05) is 26.0 Å². The fourth-order valence-electron chi connectivity index (χ4n) is 1.93. The third-order valence-electron chi connectivity index (χ3n) is 3.07. The van der Waals surface area contributed by atoms with Gasteiger partial charge >= 0.3 is 0 Å². The van der Waals surface area contributed by atoms with Crippen molar-refractivity contribution in [3.8, 4) is 5.75 Å². The molecule has 0 aliphatic heterocycles. The van der Waals surface area contributed by atoms with Gasteiger partial charge in [0.25, 0.3) is 0 Å². The summed E-state index contributed by atoms with van der Waals surface area (Å²) in [4.78, 5) is 0. The van der Waals surface area contributed by atoms with Crippen molar-refractivity contribution in [1.29, 1.82) is 0 Å². The molecular weight excluding hydrogens is 200 g/mol. The Bertz CT molecular complexity index is 325. The predicted molar refractivity (Wildman–Crippen MR) is 67.3 cm³/mol. The zero-order valence-corrected chi connectivity index (χ0v) is 10.3. The minimum absolute atomic E-state index is 0.0277. The zero-order chi connectivity index (χ0) is 12.1. The van der Waals surface area contributed by atoms with Crippen molar-refractivity contribution in [2.75, 3.05) is 13.7 Å². The van der Waals surface area contributed by atoms with E-state index in [1.807, 2.05) is 24.3 Å². The summed E-state index contributed by atoms with van der Waals surface area (Å²) in [6.07, 6.45) is 0. The second-order valence-electron chi connectivity index (χ2n) is 4.45. The molecule has 0 amide bonds. The first-order valence-electron chi connectivity index (χ1n) is 5.69. The molecule has 1 aromatic rings. The Kier molecular flexibility index (Phi) is 4.77. The van der Waals surface area contributed by atoms with E-state index in [0.717, 1.165) is 11.3 Å². The highest BCUT2D eigenvalue weighted by molar-refractivity contribution is 5.30. The largest absolute Gasteiger partial charge is 0.497 e. The summed E-state index contributed by atoms with van der Waals surface area (Å²) in [5, 5.41) is 0. The van der Waals surface area contributed by atoms with E-state index in [-0.39, 0.29) is 6.04 Å². The van der Waals surface area contributed by atoms with Crippen molar-refractivity contribution >= 4 is 0 Å². The summed E-state index contributed by atoms with van der Waals surface area (Å²) in [6, 6.07) is 7.86. The third kappa shape index (κ3) is 2.97. The van der Waals surface area contributed by atoms with Gasteiger partial charge in [0.2, 0.25) is 0 Å². The fourth-order valence-corrected chi connectivity index (χ4v) is 1.93. The first-order chi connectivity index (χ1) is 7.60. The van der Waals surface area contributed by atoms with Gasteiger partial charge in [-0.2, -0.15) is 0 Å². The minimum Gasteiger partial charge on any atom is -0.497 e. The molecular formula is C13H22N2O. The lowest BCUT2D eigenvalue weighted by molar-refractivity contribution is 0.330. The maximum absolute atomic E-state index is 6.24. The second kappa shape index (κ2) is 5.87. The highest BCUT2D eigenvalue weighted by atomic mass is 16.5. The lowest BCUT2D eigenvalue weighted by atomic mass is 9.85. The maximum Gasteiger partial charge on any atom is 0.119 e. The van der Waals surface area contributed by atoms with Gasteiger partial charge in [0.15, 0.2) is 0 Å². The molecule has 16 heavy (non-hydrogen) atoms. The number of hydrogen-bond acceptors (Lipinski definition) is 3. The van der Waals surface area contributed by atoms with Gasteiger partial charge in [-0.25, -0.2) is 0 Å². The molecule has 4 N–H and O–H groups in total. The Hall–Kier alpha value is -1.06. The standard InChI is InChI=1S/C13H22N2O/c1-9(2)12(8-14)13(15)10-5-4-6-11(7-10)16-3/h4-7,9,12-13H,8,14-15H2,1-3H3. The molecule has 90 valence electrons. The van der Waals surface area contributed by atoms with Gasteiger partial charge in [-0.15, -0.1) is 0 Å². The third-order valence-corrected chi connectivity index (χ3v) is 3.07. The Morgan fingerprint density at radius 2 is 2.00 bits per heavy atom. The van der Waals surface area contributed by atoms with Crippen LogP contribution in [0, 0.1) is 11.8 Å². The number of nitrogens with two attached hydrogens (primary N) is 2. The minimum atomic E-state index is -0.0277. The van der Waals surface area contributed by atoms with Gasteiger partial charge in [-0.05, 0) is 36.1 Å². The van der Waals surface area contributed by atoms with E-state index >= 15 is 0 Å². The van der Waals surface area contributed by atoms with E-state index in [1.165, 1.54) is 0 Å². The average molecular weight is 222 g/mol. The summed E-state index contributed by atoms with van der Waals surface area (Å²) in [5.41, 5.74) is 13.1. The summed E-state index contributed by atoms with van der Waals surface area (Å²) in [5.74, 6) is 1.62. The molecule has 0 fully saturated rings. The normalized spacial score (nSPS) is 14.9. The van der Waals surface area contributed by atoms with Crippen molar-refractivity contribution in [3.05, 3.63) is 29.8 Å². The Morgan fingerprint density at radius 3 is 2.50 bits per heavy atom. The van der Waals surface area contributed by atoms with E-state index in [0.29, 0.717) is 18.4 Å². The lowest BCUT2D eigenvalue weighted by Crippen LogP contribution is -2.31. The van der Waals surface area contributed by atoms with Gasteiger partial charge < -0.3 is 16.2 Å². The monoisotopic (exact) mass is 222 g/mol. The van der Waals surface area contributed by atoms with Crippen LogP contribution in [0.1, 0.15) is 25.5 Å². The molecule has 0 bridgehead atoms. The van der Waals surface area contributed by atoms with Crippen molar-refractivity contribution in [1.82, 2.24) is 0 Å². The van der Waals surface area contributed by atoms with Crippen molar-refractivity contribution in [2.45, 2.75) is 19.9 Å². The van der Waals surface area contributed by atoms with Crippen LogP contribution < -0.4 is 16.2 Å². The first-order valence-corrected chi connectivity index (χ1v) is 5.69. The molecule has 0 saturated heterocycles. The van der Waals surface area contributed by atoms with Crippen molar-refractivity contribution in [3.63, 3.8) is 0 Å². The molecule has 0 aliphatic carbocycles. The van der Waals surface area contributed by atoms with E-state index in [4.69, 9.17) is 16.2 Å².